The van der Waals surface area contributed by atoms with Gasteiger partial charge in [-0.05, 0) is 50.8 Å². The van der Waals surface area contributed by atoms with Gasteiger partial charge in [0.25, 0.3) is 0 Å². The minimum absolute atomic E-state index is 0.368. The van der Waals surface area contributed by atoms with Gasteiger partial charge in [-0.2, -0.15) is 0 Å². The number of nitrogens with one attached hydrogen (secondary N) is 2. The van der Waals surface area contributed by atoms with Gasteiger partial charge in [-0.25, -0.2) is 4.79 Å². The van der Waals surface area contributed by atoms with Crippen LogP contribution in [0.1, 0.15) is 5.56 Å². The number of aryl methyl sites for hydroxylation is 1. The molecule has 0 aliphatic heterocycles. The number of carbonyl (C=O) groups excluding carboxylic acids is 1. The lowest BCUT2D eigenvalue weighted by Gasteiger charge is -2.14. The van der Waals surface area contributed by atoms with Gasteiger partial charge in [0.2, 0.25) is 0 Å². The summed E-state index contributed by atoms with van der Waals surface area (Å²) in [6.45, 7) is 3.36. The van der Waals surface area contributed by atoms with Gasteiger partial charge in [0.05, 0.1) is 11.4 Å². The van der Waals surface area contributed by atoms with E-state index in [-0.39, 0.29) is 6.03 Å². The van der Waals surface area contributed by atoms with Crippen molar-refractivity contribution in [2.24, 2.45) is 0 Å². The first-order valence-corrected chi connectivity index (χ1v) is 7.96. The van der Waals surface area contributed by atoms with Crippen molar-refractivity contribution in [2.45, 2.75) is 6.92 Å². The van der Waals surface area contributed by atoms with Crippen LogP contribution in [-0.4, -0.2) is 38.2 Å². The molecular formula is C18H25N5O2. The minimum atomic E-state index is -0.368. The van der Waals surface area contributed by atoms with Crippen LogP contribution >= 0.6 is 0 Å². The molecule has 6 N–H and O–H groups in total. The summed E-state index contributed by atoms with van der Waals surface area (Å²) < 4.78 is 5.77. The molecule has 0 aromatic heterocycles. The van der Waals surface area contributed by atoms with Crippen molar-refractivity contribution in [1.82, 2.24) is 4.90 Å². The Morgan fingerprint density at radius 1 is 1.04 bits per heavy atom. The van der Waals surface area contributed by atoms with E-state index in [4.69, 9.17) is 16.2 Å². The molecule has 0 saturated heterocycles. The SMILES string of the molecule is Cc1ccc(NC(=O)Nc2ccc(N)c(N)c2)cc1OCCN(C)C. The highest BCUT2D eigenvalue weighted by atomic mass is 16.5. The number of benzene rings is 2. The maximum atomic E-state index is 12.1. The molecule has 0 fully saturated rings. The molecule has 0 saturated carbocycles. The Balaban J connectivity index is 1.98. The Morgan fingerprint density at radius 3 is 2.32 bits per heavy atom. The predicted octanol–water partition coefficient (Wildman–Crippen LogP) is 2.74. The molecule has 2 aromatic rings. The van der Waals surface area contributed by atoms with Crippen LogP contribution in [0.2, 0.25) is 0 Å². The first kappa shape index (κ1) is 18.4. The third kappa shape index (κ3) is 5.58. The number of amides is 2. The highest BCUT2D eigenvalue weighted by molar-refractivity contribution is 6.00. The molecule has 7 heteroatoms. The van der Waals surface area contributed by atoms with Gasteiger partial charge in [0.15, 0.2) is 0 Å². The Bertz CT molecular complexity index is 746. The van der Waals surface area contributed by atoms with Crippen LogP contribution in [0.4, 0.5) is 27.5 Å². The van der Waals surface area contributed by atoms with E-state index in [1.807, 2.05) is 44.1 Å². The molecule has 2 amide bonds. The fraction of sp³-hybridized carbons (Fsp3) is 0.278. The summed E-state index contributed by atoms with van der Waals surface area (Å²) in [4.78, 5) is 14.2. The van der Waals surface area contributed by atoms with E-state index >= 15 is 0 Å². The Labute approximate surface area is 147 Å². The van der Waals surface area contributed by atoms with E-state index in [1.165, 1.54) is 0 Å². The van der Waals surface area contributed by atoms with E-state index in [0.29, 0.717) is 29.4 Å². The van der Waals surface area contributed by atoms with Gasteiger partial charge in [0.1, 0.15) is 12.4 Å². The minimum Gasteiger partial charge on any atom is -0.492 e. The molecule has 134 valence electrons. The molecule has 0 aliphatic rings. The first-order chi connectivity index (χ1) is 11.8. The third-order valence-corrected chi connectivity index (χ3v) is 3.59. The number of ether oxygens (including phenoxy) is 1. The molecule has 0 heterocycles. The van der Waals surface area contributed by atoms with Gasteiger partial charge < -0.3 is 31.7 Å². The van der Waals surface area contributed by atoms with Crippen molar-refractivity contribution in [1.29, 1.82) is 0 Å². The second-order valence-corrected chi connectivity index (χ2v) is 6.05. The van der Waals surface area contributed by atoms with Gasteiger partial charge >= 0.3 is 6.03 Å². The van der Waals surface area contributed by atoms with Crippen LogP contribution in [0.15, 0.2) is 36.4 Å². The molecule has 0 radical (unpaired) electrons. The molecule has 0 spiro atoms. The smallest absolute Gasteiger partial charge is 0.323 e. The zero-order chi connectivity index (χ0) is 18.4. The van der Waals surface area contributed by atoms with E-state index < -0.39 is 0 Å². The molecule has 0 bridgehead atoms. The largest absolute Gasteiger partial charge is 0.492 e. The quantitative estimate of drug-likeness (QED) is 0.604. The second-order valence-electron chi connectivity index (χ2n) is 6.05. The molecular weight excluding hydrogens is 318 g/mol. The van der Waals surface area contributed by atoms with Crippen LogP contribution in [0.3, 0.4) is 0 Å². The Hall–Kier alpha value is -2.93. The zero-order valence-corrected chi connectivity index (χ0v) is 14.8. The maximum Gasteiger partial charge on any atom is 0.323 e. The molecule has 0 aliphatic carbocycles. The lowest BCUT2D eigenvalue weighted by molar-refractivity contribution is 0.260. The summed E-state index contributed by atoms with van der Waals surface area (Å²) in [6.07, 6.45) is 0. The van der Waals surface area contributed by atoms with E-state index in [0.717, 1.165) is 17.9 Å². The number of hydrogen-bond acceptors (Lipinski definition) is 5. The molecule has 2 rings (SSSR count). The van der Waals surface area contributed by atoms with Crippen molar-refractivity contribution >= 4 is 28.8 Å². The lowest BCUT2D eigenvalue weighted by Crippen LogP contribution is -2.20. The number of rotatable bonds is 6. The summed E-state index contributed by atoms with van der Waals surface area (Å²) >= 11 is 0. The normalized spacial score (nSPS) is 10.6. The van der Waals surface area contributed by atoms with Crippen molar-refractivity contribution in [3.63, 3.8) is 0 Å². The molecule has 25 heavy (non-hydrogen) atoms. The van der Waals surface area contributed by atoms with Crippen LogP contribution in [0.5, 0.6) is 5.75 Å². The number of anilines is 4. The first-order valence-electron chi connectivity index (χ1n) is 7.96. The average molecular weight is 343 g/mol. The highest BCUT2D eigenvalue weighted by Crippen LogP contribution is 2.23. The number of nitrogens with two attached hydrogens (primary N) is 2. The summed E-state index contributed by atoms with van der Waals surface area (Å²) in [6, 6.07) is 10.1. The van der Waals surface area contributed by atoms with E-state index in [2.05, 4.69) is 10.6 Å². The number of urea groups is 1. The molecule has 0 unspecified atom stereocenters. The van der Waals surface area contributed by atoms with E-state index in [1.54, 1.807) is 18.2 Å². The standard InChI is InChI=1S/C18H25N5O2/c1-12-4-5-14(11-17(12)25-9-8-23(2)3)22-18(24)21-13-6-7-15(19)16(20)10-13/h4-7,10-11H,8-9,19-20H2,1-3H3,(H2,21,22,24). The molecule has 7 nitrogen and oxygen atoms in total. The summed E-state index contributed by atoms with van der Waals surface area (Å²) in [5.74, 6) is 0.747. The summed E-state index contributed by atoms with van der Waals surface area (Å²) in [5, 5.41) is 5.50. The van der Waals surface area contributed by atoms with Crippen LogP contribution in [0.25, 0.3) is 0 Å². The summed E-state index contributed by atoms with van der Waals surface area (Å²) in [7, 11) is 3.98. The number of nitrogen functional groups attached to an aromatic ring is 2. The number of carbonyl (C=O) groups is 1. The predicted molar refractivity (Wildman–Crippen MR) is 103 cm³/mol. The fourth-order valence-corrected chi connectivity index (χ4v) is 2.12. The zero-order valence-electron chi connectivity index (χ0n) is 14.8. The van der Waals surface area contributed by atoms with Gasteiger partial charge in [0, 0.05) is 24.0 Å². The summed E-state index contributed by atoms with van der Waals surface area (Å²) in [5.41, 5.74) is 14.5. The van der Waals surface area contributed by atoms with E-state index in [9.17, 15) is 4.79 Å². The maximum absolute atomic E-state index is 12.1. The lowest BCUT2D eigenvalue weighted by atomic mass is 10.2. The van der Waals surface area contributed by atoms with Gasteiger partial charge in [-0.1, -0.05) is 6.07 Å². The van der Waals surface area contributed by atoms with Crippen LogP contribution in [-0.2, 0) is 0 Å². The molecule has 0 atom stereocenters. The van der Waals surface area contributed by atoms with Gasteiger partial charge in [-0.15, -0.1) is 0 Å². The second kappa shape index (κ2) is 8.25. The average Bonchev–Trinajstić information content (AvgIpc) is 2.53. The monoisotopic (exact) mass is 343 g/mol. The highest BCUT2D eigenvalue weighted by Gasteiger charge is 2.07. The van der Waals surface area contributed by atoms with Crippen molar-refractivity contribution in [3.8, 4) is 5.75 Å². The van der Waals surface area contributed by atoms with Crippen LogP contribution in [0, 0.1) is 6.92 Å². The number of hydrogen-bond donors (Lipinski definition) is 4. The third-order valence-electron chi connectivity index (χ3n) is 3.59. The van der Waals surface area contributed by atoms with Gasteiger partial charge in [-0.3, -0.25) is 0 Å². The van der Waals surface area contributed by atoms with Crippen molar-refractivity contribution in [2.75, 3.05) is 49.3 Å². The fourth-order valence-electron chi connectivity index (χ4n) is 2.12. The Morgan fingerprint density at radius 2 is 1.68 bits per heavy atom. The van der Waals surface area contributed by atoms with Crippen molar-refractivity contribution in [3.05, 3.63) is 42.0 Å². The van der Waals surface area contributed by atoms with Crippen molar-refractivity contribution < 1.29 is 9.53 Å². The topological polar surface area (TPSA) is 106 Å². The number of nitrogens with zero attached hydrogens (tertiary/aromatic N) is 1. The number of likely N-dealkylation sites (N-methyl/N-ethyl adjacent to an activating group) is 1. The molecule has 2 aromatic carbocycles. The van der Waals surface area contributed by atoms with Crippen LogP contribution < -0.4 is 26.8 Å². The Kier molecular flexibility index (Phi) is 6.08.